The van der Waals surface area contributed by atoms with Gasteiger partial charge in [0.05, 0.1) is 39.6 Å². The van der Waals surface area contributed by atoms with Gasteiger partial charge in [-0.1, -0.05) is 0 Å². The smallest absolute Gasteiger partial charge is 0.203 e. The SMILES string of the molecule is COc1ccc2c(Cc3cc(OC)c(OC)c(OC)c3)n[nH]c2c1. The Morgan fingerprint density at radius 1 is 0.875 bits per heavy atom. The third-order valence-electron chi connectivity index (χ3n) is 3.95. The van der Waals surface area contributed by atoms with E-state index < -0.39 is 0 Å². The van der Waals surface area contributed by atoms with Crippen LogP contribution in [0.1, 0.15) is 11.3 Å². The van der Waals surface area contributed by atoms with Crippen molar-refractivity contribution in [2.45, 2.75) is 6.42 Å². The fourth-order valence-corrected chi connectivity index (χ4v) is 2.75. The standard InChI is InChI=1S/C18H20N2O4/c1-21-12-5-6-13-14(19-20-15(13)10-12)7-11-8-16(22-2)18(24-4)17(9-11)23-3/h5-6,8-10H,7H2,1-4H3,(H,19,20). The Morgan fingerprint density at radius 2 is 1.58 bits per heavy atom. The zero-order valence-electron chi connectivity index (χ0n) is 14.2. The van der Waals surface area contributed by atoms with Crippen molar-refractivity contribution in [2.75, 3.05) is 28.4 Å². The summed E-state index contributed by atoms with van der Waals surface area (Å²) in [5.74, 6) is 2.65. The highest BCUT2D eigenvalue weighted by atomic mass is 16.5. The van der Waals surface area contributed by atoms with Crippen LogP contribution in [0.15, 0.2) is 30.3 Å². The Morgan fingerprint density at radius 3 is 2.17 bits per heavy atom. The average molecular weight is 328 g/mol. The van der Waals surface area contributed by atoms with Crippen LogP contribution in [0, 0.1) is 0 Å². The van der Waals surface area contributed by atoms with E-state index in [9.17, 15) is 0 Å². The predicted octanol–water partition coefficient (Wildman–Crippen LogP) is 3.19. The molecule has 1 aromatic heterocycles. The third kappa shape index (κ3) is 2.82. The van der Waals surface area contributed by atoms with E-state index >= 15 is 0 Å². The zero-order chi connectivity index (χ0) is 17.1. The number of aromatic nitrogens is 2. The van der Waals surface area contributed by atoms with E-state index in [4.69, 9.17) is 18.9 Å². The van der Waals surface area contributed by atoms with Crippen molar-refractivity contribution in [1.82, 2.24) is 10.2 Å². The summed E-state index contributed by atoms with van der Waals surface area (Å²) in [4.78, 5) is 0. The van der Waals surface area contributed by atoms with Gasteiger partial charge in [0, 0.05) is 17.9 Å². The van der Waals surface area contributed by atoms with E-state index in [1.807, 2.05) is 30.3 Å². The number of nitrogens with one attached hydrogen (secondary N) is 1. The first-order valence-corrected chi connectivity index (χ1v) is 7.50. The molecule has 0 aliphatic rings. The average Bonchev–Trinajstić information content (AvgIpc) is 3.02. The van der Waals surface area contributed by atoms with Crippen LogP contribution in [0.5, 0.6) is 23.0 Å². The monoisotopic (exact) mass is 328 g/mol. The Labute approximate surface area is 140 Å². The van der Waals surface area contributed by atoms with Gasteiger partial charge in [0.1, 0.15) is 5.75 Å². The lowest BCUT2D eigenvalue weighted by Crippen LogP contribution is -1.98. The predicted molar refractivity (Wildman–Crippen MR) is 91.5 cm³/mol. The molecule has 0 aliphatic heterocycles. The van der Waals surface area contributed by atoms with Gasteiger partial charge >= 0.3 is 0 Å². The lowest BCUT2D eigenvalue weighted by Gasteiger charge is -2.13. The molecule has 0 saturated carbocycles. The number of aromatic amines is 1. The van der Waals surface area contributed by atoms with Crippen LogP contribution in [-0.4, -0.2) is 38.6 Å². The number of fused-ring (bicyclic) bond motifs is 1. The number of methoxy groups -OCH3 is 4. The number of hydrogen-bond donors (Lipinski definition) is 1. The number of rotatable bonds is 6. The highest BCUT2D eigenvalue weighted by Crippen LogP contribution is 2.39. The molecule has 1 heterocycles. The maximum Gasteiger partial charge on any atom is 0.203 e. The van der Waals surface area contributed by atoms with Gasteiger partial charge in [-0.15, -0.1) is 0 Å². The van der Waals surface area contributed by atoms with Crippen LogP contribution >= 0.6 is 0 Å². The highest BCUT2D eigenvalue weighted by molar-refractivity contribution is 5.83. The highest BCUT2D eigenvalue weighted by Gasteiger charge is 2.15. The number of H-pyrrole nitrogens is 1. The van der Waals surface area contributed by atoms with Gasteiger partial charge in [-0.05, 0) is 29.8 Å². The van der Waals surface area contributed by atoms with Crippen LogP contribution < -0.4 is 18.9 Å². The van der Waals surface area contributed by atoms with Crippen molar-refractivity contribution in [3.63, 3.8) is 0 Å². The van der Waals surface area contributed by atoms with Crippen molar-refractivity contribution in [1.29, 1.82) is 0 Å². The third-order valence-corrected chi connectivity index (χ3v) is 3.95. The molecule has 0 aliphatic carbocycles. The number of benzene rings is 2. The second kappa shape index (κ2) is 6.70. The molecule has 0 spiro atoms. The maximum absolute atomic E-state index is 5.41. The summed E-state index contributed by atoms with van der Waals surface area (Å²) in [6.07, 6.45) is 0.642. The van der Waals surface area contributed by atoms with E-state index in [0.29, 0.717) is 23.7 Å². The molecule has 0 atom stereocenters. The van der Waals surface area contributed by atoms with E-state index in [0.717, 1.165) is 27.9 Å². The van der Waals surface area contributed by atoms with Crippen LogP contribution in [0.25, 0.3) is 10.9 Å². The fourth-order valence-electron chi connectivity index (χ4n) is 2.75. The van der Waals surface area contributed by atoms with Crippen molar-refractivity contribution in [2.24, 2.45) is 0 Å². The summed E-state index contributed by atoms with van der Waals surface area (Å²) >= 11 is 0. The first-order chi connectivity index (χ1) is 11.7. The molecule has 0 bridgehead atoms. The number of nitrogens with zero attached hydrogens (tertiary/aromatic N) is 1. The molecule has 2 aromatic carbocycles. The zero-order valence-corrected chi connectivity index (χ0v) is 14.2. The molecule has 3 aromatic rings. The minimum absolute atomic E-state index is 0.584. The van der Waals surface area contributed by atoms with Gasteiger partial charge in [-0.3, -0.25) is 5.10 Å². The molecule has 1 N–H and O–H groups in total. The van der Waals surface area contributed by atoms with Crippen molar-refractivity contribution in [3.8, 4) is 23.0 Å². The maximum atomic E-state index is 5.41. The first kappa shape index (κ1) is 16.0. The summed E-state index contributed by atoms with van der Waals surface area (Å²) in [5, 5.41) is 8.53. The number of ether oxygens (including phenoxy) is 4. The summed E-state index contributed by atoms with van der Waals surface area (Å²) in [6, 6.07) is 9.74. The van der Waals surface area contributed by atoms with Crippen LogP contribution in [0.2, 0.25) is 0 Å². The van der Waals surface area contributed by atoms with E-state index in [-0.39, 0.29) is 0 Å². The molecule has 24 heavy (non-hydrogen) atoms. The minimum Gasteiger partial charge on any atom is -0.497 e. The first-order valence-electron chi connectivity index (χ1n) is 7.50. The normalized spacial score (nSPS) is 10.7. The van der Waals surface area contributed by atoms with Crippen LogP contribution in [-0.2, 0) is 6.42 Å². The molecular weight excluding hydrogens is 308 g/mol. The lowest BCUT2D eigenvalue weighted by molar-refractivity contribution is 0.324. The quantitative estimate of drug-likeness (QED) is 0.753. The Bertz CT molecular complexity index is 832. The summed E-state index contributed by atoms with van der Waals surface area (Å²) in [5.41, 5.74) is 2.91. The molecule has 6 nitrogen and oxygen atoms in total. The molecule has 3 rings (SSSR count). The molecule has 0 fully saturated rings. The van der Waals surface area contributed by atoms with Gasteiger partial charge in [0.15, 0.2) is 11.5 Å². The van der Waals surface area contributed by atoms with Crippen molar-refractivity contribution >= 4 is 10.9 Å². The van der Waals surface area contributed by atoms with Crippen LogP contribution in [0.3, 0.4) is 0 Å². The Balaban J connectivity index is 1.99. The molecule has 0 radical (unpaired) electrons. The summed E-state index contributed by atoms with van der Waals surface area (Å²) in [6.45, 7) is 0. The van der Waals surface area contributed by atoms with E-state index in [1.54, 1.807) is 28.4 Å². The molecule has 0 unspecified atom stereocenters. The largest absolute Gasteiger partial charge is 0.497 e. The summed E-state index contributed by atoms with van der Waals surface area (Å²) < 4.78 is 21.4. The summed E-state index contributed by atoms with van der Waals surface area (Å²) in [7, 11) is 6.46. The Hall–Kier alpha value is -2.89. The van der Waals surface area contributed by atoms with Gasteiger partial charge < -0.3 is 18.9 Å². The van der Waals surface area contributed by atoms with Gasteiger partial charge in [0.25, 0.3) is 0 Å². The molecule has 6 heteroatoms. The van der Waals surface area contributed by atoms with E-state index in [2.05, 4.69) is 10.2 Å². The van der Waals surface area contributed by atoms with Gasteiger partial charge in [-0.2, -0.15) is 5.10 Å². The lowest BCUT2D eigenvalue weighted by atomic mass is 10.1. The number of hydrogen-bond acceptors (Lipinski definition) is 5. The van der Waals surface area contributed by atoms with Crippen molar-refractivity contribution < 1.29 is 18.9 Å². The second-order valence-electron chi connectivity index (χ2n) is 5.29. The molecule has 0 saturated heterocycles. The molecule has 0 amide bonds. The van der Waals surface area contributed by atoms with Gasteiger partial charge in [0.2, 0.25) is 5.75 Å². The van der Waals surface area contributed by atoms with E-state index in [1.165, 1.54) is 0 Å². The Kier molecular flexibility index (Phi) is 4.46. The fraction of sp³-hybridized carbons (Fsp3) is 0.278. The minimum atomic E-state index is 0.584. The van der Waals surface area contributed by atoms with Crippen molar-refractivity contribution in [3.05, 3.63) is 41.6 Å². The second-order valence-corrected chi connectivity index (χ2v) is 5.29. The molecule has 126 valence electrons. The van der Waals surface area contributed by atoms with Gasteiger partial charge in [-0.25, -0.2) is 0 Å². The molecular formula is C18H20N2O4. The topological polar surface area (TPSA) is 65.6 Å². The van der Waals surface area contributed by atoms with Crippen LogP contribution in [0.4, 0.5) is 0 Å².